The molecule has 28 heavy (non-hydrogen) atoms. The zero-order valence-corrected chi connectivity index (χ0v) is 19.9. The van der Waals surface area contributed by atoms with Crippen LogP contribution in [-0.2, 0) is 0 Å². The lowest BCUT2D eigenvalue weighted by molar-refractivity contribution is 1.34. The number of rotatable bonds is 0. The Morgan fingerprint density at radius 3 is 0.464 bits per heavy atom. The molecule has 0 aliphatic carbocycles. The SMILES string of the molecule is CC.CC.Cc1ccccc1C.Cc1ccccc1C.Cc1ccccc1C. The van der Waals surface area contributed by atoms with Gasteiger partial charge in [0.25, 0.3) is 0 Å². The molecule has 0 radical (unpaired) electrons. The van der Waals surface area contributed by atoms with Gasteiger partial charge in [-0.25, -0.2) is 0 Å². The Labute approximate surface area is 175 Å². The summed E-state index contributed by atoms with van der Waals surface area (Å²) in [5.74, 6) is 0. The highest BCUT2D eigenvalue weighted by molar-refractivity contribution is 5.24. The fourth-order valence-electron chi connectivity index (χ4n) is 1.99. The Kier molecular flexibility index (Phi) is 18.0. The molecule has 0 unspecified atom stereocenters. The Hall–Kier alpha value is -2.34. The van der Waals surface area contributed by atoms with Crippen molar-refractivity contribution in [3.63, 3.8) is 0 Å². The van der Waals surface area contributed by atoms with E-state index in [0.717, 1.165) is 0 Å². The van der Waals surface area contributed by atoms with Crippen LogP contribution >= 0.6 is 0 Å². The van der Waals surface area contributed by atoms with Crippen LogP contribution in [0, 0.1) is 41.5 Å². The van der Waals surface area contributed by atoms with Crippen LogP contribution in [0.25, 0.3) is 0 Å². The van der Waals surface area contributed by atoms with Gasteiger partial charge in [-0.3, -0.25) is 0 Å². The smallest absolute Gasteiger partial charge is 0.0395 e. The summed E-state index contributed by atoms with van der Waals surface area (Å²) in [5.41, 5.74) is 8.21. The van der Waals surface area contributed by atoms with Gasteiger partial charge in [-0.05, 0) is 74.9 Å². The maximum Gasteiger partial charge on any atom is -0.0395 e. The van der Waals surface area contributed by atoms with Crippen LogP contribution < -0.4 is 0 Å². The largest absolute Gasteiger partial charge is 0.0683 e. The molecule has 3 aromatic carbocycles. The number of hydrogen-bond acceptors (Lipinski definition) is 0. The minimum absolute atomic E-state index is 1.37. The first-order valence-corrected chi connectivity index (χ1v) is 10.5. The minimum atomic E-state index is 1.37. The predicted octanol–water partition coefficient (Wildman–Crippen LogP) is 8.96. The maximum atomic E-state index is 2.12. The molecule has 0 heterocycles. The van der Waals surface area contributed by atoms with Crippen LogP contribution in [0.5, 0.6) is 0 Å². The second-order valence-corrected chi connectivity index (χ2v) is 6.25. The van der Waals surface area contributed by atoms with E-state index in [2.05, 4.69) is 114 Å². The minimum Gasteiger partial charge on any atom is -0.0683 e. The van der Waals surface area contributed by atoms with Gasteiger partial charge in [-0.15, -0.1) is 0 Å². The molecule has 0 spiro atoms. The van der Waals surface area contributed by atoms with E-state index in [-0.39, 0.29) is 0 Å². The normalized spacial score (nSPS) is 8.36. The Morgan fingerprint density at radius 1 is 0.286 bits per heavy atom. The highest BCUT2D eigenvalue weighted by Gasteiger charge is 1.85. The first-order valence-electron chi connectivity index (χ1n) is 10.5. The molecule has 154 valence electrons. The molecule has 0 saturated heterocycles. The second kappa shape index (κ2) is 18.0. The van der Waals surface area contributed by atoms with Crippen molar-refractivity contribution in [2.24, 2.45) is 0 Å². The Bertz CT molecular complexity index is 572. The van der Waals surface area contributed by atoms with Crippen molar-refractivity contribution in [2.75, 3.05) is 0 Å². The lowest BCUT2D eigenvalue weighted by atomic mass is 10.1. The first kappa shape index (κ1) is 27.9. The maximum absolute atomic E-state index is 2.12. The topological polar surface area (TPSA) is 0 Å². The molecular weight excluding hydrogens is 336 g/mol. The molecule has 0 heteroatoms. The van der Waals surface area contributed by atoms with Crippen molar-refractivity contribution in [1.29, 1.82) is 0 Å². The van der Waals surface area contributed by atoms with Crippen LogP contribution in [0.1, 0.15) is 61.1 Å². The van der Waals surface area contributed by atoms with Gasteiger partial charge in [0.2, 0.25) is 0 Å². The molecule has 0 bridgehead atoms. The van der Waals surface area contributed by atoms with E-state index in [0.29, 0.717) is 0 Å². The third-order valence-corrected chi connectivity index (χ3v) is 4.28. The van der Waals surface area contributed by atoms with Gasteiger partial charge in [0, 0.05) is 0 Å². The summed E-state index contributed by atoms with van der Waals surface area (Å²) in [6, 6.07) is 25.1. The van der Waals surface area contributed by atoms with Gasteiger partial charge in [-0.1, -0.05) is 100 Å². The average Bonchev–Trinajstić information content (AvgIpc) is 2.73. The zero-order chi connectivity index (χ0) is 21.9. The second-order valence-electron chi connectivity index (χ2n) is 6.25. The third-order valence-electron chi connectivity index (χ3n) is 4.28. The monoisotopic (exact) mass is 378 g/mol. The van der Waals surface area contributed by atoms with Crippen molar-refractivity contribution < 1.29 is 0 Å². The van der Waals surface area contributed by atoms with Crippen molar-refractivity contribution >= 4 is 0 Å². The summed E-state index contributed by atoms with van der Waals surface area (Å²) in [4.78, 5) is 0. The van der Waals surface area contributed by atoms with E-state index in [4.69, 9.17) is 0 Å². The summed E-state index contributed by atoms with van der Waals surface area (Å²) in [7, 11) is 0. The Balaban J connectivity index is 0. The molecule has 3 aromatic rings. The molecule has 0 atom stereocenters. The molecule has 3 rings (SSSR count). The zero-order valence-electron chi connectivity index (χ0n) is 19.9. The van der Waals surface area contributed by atoms with E-state index in [1.54, 1.807) is 0 Å². The summed E-state index contributed by atoms with van der Waals surface area (Å²) in [6.07, 6.45) is 0. The number of benzene rings is 3. The lowest BCUT2D eigenvalue weighted by Gasteiger charge is -1.93. The summed E-state index contributed by atoms with van der Waals surface area (Å²) >= 11 is 0. The molecule has 0 fully saturated rings. The van der Waals surface area contributed by atoms with Gasteiger partial charge in [0.05, 0.1) is 0 Å². The van der Waals surface area contributed by atoms with E-state index >= 15 is 0 Å². The summed E-state index contributed by atoms with van der Waals surface area (Å²) < 4.78 is 0. The van der Waals surface area contributed by atoms with E-state index in [9.17, 15) is 0 Å². The number of aryl methyl sites for hydroxylation is 6. The van der Waals surface area contributed by atoms with Crippen LogP contribution in [-0.4, -0.2) is 0 Å². The van der Waals surface area contributed by atoms with Crippen molar-refractivity contribution in [2.45, 2.75) is 69.2 Å². The standard InChI is InChI=1S/3C8H10.2C2H6/c3*1-7-5-3-4-6-8(7)2;2*1-2/h3*3-6H,1-2H3;2*1-2H3. The molecule has 0 amide bonds. The molecular formula is C28H42. The quantitative estimate of drug-likeness (QED) is 0.366. The highest BCUT2D eigenvalue weighted by Crippen LogP contribution is 2.04. The fraction of sp³-hybridized carbons (Fsp3) is 0.357. The van der Waals surface area contributed by atoms with Crippen LogP contribution in [0.2, 0.25) is 0 Å². The lowest BCUT2D eigenvalue weighted by Crippen LogP contribution is -1.74. The number of hydrogen-bond donors (Lipinski definition) is 0. The van der Waals surface area contributed by atoms with Gasteiger partial charge in [0.1, 0.15) is 0 Å². The summed E-state index contributed by atoms with van der Waals surface area (Å²) in [6.45, 7) is 20.7. The van der Waals surface area contributed by atoms with Crippen LogP contribution in [0.15, 0.2) is 72.8 Å². The molecule has 0 aliphatic heterocycles. The molecule has 0 aromatic heterocycles. The molecule has 0 aliphatic rings. The molecule has 0 saturated carbocycles. The average molecular weight is 379 g/mol. The fourth-order valence-corrected chi connectivity index (χ4v) is 1.99. The highest BCUT2D eigenvalue weighted by atomic mass is 13.9. The molecule has 0 N–H and O–H groups in total. The van der Waals surface area contributed by atoms with Crippen LogP contribution in [0.3, 0.4) is 0 Å². The van der Waals surface area contributed by atoms with E-state index in [1.165, 1.54) is 33.4 Å². The van der Waals surface area contributed by atoms with Gasteiger partial charge < -0.3 is 0 Å². The van der Waals surface area contributed by atoms with Crippen LogP contribution in [0.4, 0.5) is 0 Å². The molecule has 0 nitrogen and oxygen atoms in total. The third kappa shape index (κ3) is 12.9. The Morgan fingerprint density at radius 2 is 0.393 bits per heavy atom. The first-order chi connectivity index (χ1) is 13.4. The van der Waals surface area contributed by atoms with Crippen molar-refractivity contribution in [3.05, 3.63) is 106 Å². The van der Waals surface area contributed by atoms with Crippen molar-refractivity contribution in [1.82, 2.24) is 0 Å². The summed E-state index contributed by atoms with van der Waals surface area (Å²) in [5, 5.41) is 0. The van der Waals surface area contributed by atoms with Crippen molar-refractivity contribution in [3.8, 4) is 0 Å². The van der Waals surface area contributed by atoms with E-state index in [1.807, 2.05) is 27.7 Å². The van der Waals surface area contributed by atoms with Gasteiger partial charge >= 0.3 is 0 Å². The van der Waals surface area contributed by atoms with Gasteiger partial charge in [-0.2, -0.15) is 0 Å². The predicted molar refractivity (Wildman–Crippen MR) is 130 cm³/mol. The van der Waals surface area contributed by atoms with Gasteiger partial charge in [0.15, 0.2) is 0 Å². The van der Waals surface area contributed by atoms with E-state index < -0.39 is 0 Å².